The molecule has 0 aromatic carbocycles. The van der Waals surface area contributed by atoms with Gasteiger partial charge in [0, 0.05) is 46.6 Å². The van der Waals surface area contributed by atoms with Crippen LogP contribution >= 0.6 is 0 Å². The molecule has 244 valence electrons. The van der Waals surface area contributed by atoms with Crippen LogP contribution in [0.25, 0.3) is 0 Å². The summed E-state index contributed by atoms with van der Waals surface area (Å²) < 4.78 is 27.9. The van der Waals surface area contributed by atoms with Crippen molar-refractivity contribution >= 4 is 29.7 Å². The number of aliphatic hydroxyl groups is 1. The number of methoxy groups -OCH3 is 1. The second kappa shape index (κ2) is 11.0. The van der Waals surface area contributed by atoms with Crippen LogP contribution in [0.5, 0.6) is 0 Å². The lowest BCUT2D eigenvalue weighted by Crippen LogP contribution is -2.77. The zero-order valence-corrected chi connectivity index (χ0v) is 27.1. The summed E-state index contributed by atoms with van der Waals surface area (Å²) >= 11 is 0. The summed E-state index contributed by atoms with van der Waals surface area (Å²) in [4.78, 5) is 67.0. The number of furan rings is 1. The van der Waals surface area contributed by atoms with E-state index in [-0.39, 0.29) is 18.4 Å². The van der Waals surface area contributed by atoms with Gasteiger partial charge >= 0.3 is 23.9 Å². The van der Waals surface area contributed by atoms with E-state index in [0.29, 0.717) is 24.0 Å². The van der Waals surface area contributed by atoms with Crippen molar-refractivity contribution < 1.29 is 52.4 Å². The molecule has 1 N–H and O–H groups in total. The Bertz CT molecular complexity index is 1500. The lowest BCUT2D eigenvalue weighted by molar-refractivity contribution is -0.247. The molecule has 2 bridgehead atoms. The molecular formula is C34H42O11. The van der Waals surface area contributed by atoms with Gasteiger partial charge in [-0.05, 0) is 44.2 Å². The highest BCUT2D eigenvalue weighted by molar-refractivity contribution is 5.99. The summed E-state index contributed by atoms with van der Waals surface area (Å²) in [5.41, 5.74) is -3.33. The quantitative estimate of drug-likeness (QED) is 0.208. The molecule has 4 aliphatic rings. The van der Waals surface area contributed by atoms with Crippen molar-refractivity contribution in [2.24, 2.45) is 28.1 Å². The monoisotopic (exact) mass is 626 g/mol. The van der Waals surface area contributed by atoms with Gasteiger partial charge in [0.25, 0.3) is 0 Å². The van der Waals surface area contributed by atoms with Gasteiger partial charge in [0.05, 0.1) is 26.1 Å². The summed E-state index contributed by atoms with van der Waals surface area (Å²) in [6, 6.07) is 1.74. The highest BCUT2D eigenvalue weighted by Crippen LogP contribution is 2.69. The minimum Gasteiger partial charge on any atom is -0.472 e. The highest BCUT2D eigenvalue weighted by atomic mass is 16.6. The molecule has 2 heterocycles. The first kappa shape index (κ1) is 32.7. The van der Waals surface area contributed by atoms with Crippen LogP contribution in [0, 0.1) is 28.1 Å². The standard InChI is InChI=1S/C34H42O11/c1-9-17(2)27(37)45-30-31(4,5)25(24(28(38)41-8)43-18(3)35)33(7)21-10-12-32(6)22(20(21)15-34(30,40)29(33)39)14-23(36)44-26(32)19-11-13-42-16-19/h9,11,13,16,21,24-26,30,40H,10,12,14-15H2,1-8H3/b17-9+/t21-,24+,25-,26+,30-,32+,33+,34+/m0/s1. The minimum absolute atomic E-state index is 0.0579. The third kappa shape index (κ3) is 4.68. The number of esters is 4. The fourth-order valence-electron chi connectivity index (χ4n) is 9.09. The maximum Gasteiger partial charge on any atom is 0.347 e. The predicted octanol–water partition coefficient (Wildman–Crippen LogP) is 4.33. The van der Waals surface area contributed by atoms with E-state index in [1.54, 1.807) is 46.8 Å². The molecule has 0 unspecified atom stereocenters. The van der Waals surface area contributed by atoms with Crippen LogP contribution in [0.4, 0.5) is 0 Å². The smallest absolute Gasteiger partial charge is 0.347 e. The van der Waals surface area contributed by atoms with Crippen LogP contribution in [0.3, 0.4) is 0 Å². The van der Waals surface area contributed by atoms with E-state index in [0.717, 1.165) is 19.6 Å². The number of hydrogen-bond acceptors (Lipinski definition) is 11. The second-order valence-electron chi connectivity index (χ2n) is 13.9. The Kier molecular flexibility index (Phi) is 7.95. The first-order valence-electron chi connectivity index (χ1n) is 15.3. The molecule has 0 radical (unpaired) electrons. The van der Waals surface area contributed by atoms with E-state index >= 15 is 0 Å². The third-order valence-electron chi connectivity index (χ3n) is 11.1. The summed E-state index contributed by atoms with van der Waals surface area (Å²) in [5.74, 6) is -5.08. The Labute approximate surface area is 262 Å². The highest BCUT2D eigenvalue weighted by Gasteiger charge is 2.76. The van der Waals surface area contributed by atoms with E-state index in [4.69, 9.17) is 23.4 Å². The van der Waals surface area contributed by atoms with Crippen molar-refractivity contribution in [3.8, 4) is 0 Å². The average Bonchev–Trinajstić information content (AvgIpc) is 3.51. The van der Waals surface area contributed by atoms with Crippen molar-refractivity contribution in [2.75, 3.05) is 7.11 Å². The van der Waals surface area contributed by atoms with Gasteiger partial charge in [-0.3, -0.25) is 14.4 Å². The summed E-state index contributed by atoms with van der Waals surface area (Å²) in [6.07, 6.45) is 1.65. The van der Waals surface area contributed by atoms with Crippen LogP contribution in [0.2, 0.25) is 0 Å². The molecule has 11 heteroatoms. The minimum atomic E-state index is -2.22. The molecular weight excluding hydrogens is 584 g/mol. The normalized spacial score (nSPS) is 36.2. The molecule has 3 fully saturated rings. The van der Waals surface area contributed by atoms with Crippen LogP contribution < -0.4 is 0 Å². The molecule has 0 spiro atoms. The Hall–Kier alpha value is -3.73. The van der Waals surface area contributed by atoms with Crippen LogP contribution in [0.15, 0.2) is 45.8 Å². The molecule has 2 saturated carbocycles. The zero-order chi connectivity index (χ0) is 33.3. The van der Waals surface area contributed by atoms with E-state index in [1.165, 1.54) is 12.5 Å². The average molecular weight is 627 g/mol. The Morgan fingerprint density at radius 3 is 2.40 bits per heavy atom. The first-order chi connectivity index (χ1) is 21.0. The van der Waals surface area contributed by atoms with Crippen LogP contribution in [0.1, 0.15) is 85.8 Å². The number of ketones is 1. The number of hydrogen-bond donors (Lipinski definition) is 1. The Morgan fingerprint density at radius 1 is 1.13 bits per heavy atom. The molecule has 8 atom stereocenters. The molecule has 0 amide bonds. The molecule has 1 aromatic rings. The van der Waals surface area contributed by atoms with E-state index < -0.39 is 81.7 Å². The second-order valence-corrected chi connectivity index (χ2v) is 13.9. The summed E-state index contributed by atoms with van der Waals surface area (Å²) in [6.45, 7) is 11.5. The molecule has 45 heavy (non-hydrogen) atoms. The molecule has 5 rings (SSSR count). The molecule has 1 aromatic heterocycles. The van der Waals surface area contributed by atoms with Crippen molar-refractivity contribution in [1.29, 1.82) is 0 Å². The first-order valence-corrected chi connectivity index (χ1v) is 15.3. The van der Waals surface area contributed by atoms with Gasteiger partial charge in [0.15, 0.2) is 11.4 Å². The zero-order valence-electron chi connectivity index (χ0n) is 27.1. The van der Waals surface area contributed by atoms with Crippen molar-refractivity contribution in [1.82, 2.24) is 0 Å². The third-order valence-corrected chi connectivity index (χ3v) is 11.1. The summed E-state index contributed by atoms with van der Waals surface area (Å²) in [5, 5.41) is 12.6. The fourth-order valence-corrected chi connectivity index (χ4v) is 9.09. The van der Waals surface area contributed by atoms with Gasteiger partial charge in [0.1, 0.15) is 12.2 Å². The van der Waals surface area contributed by atoms with Gasteiger partial charge < -0.3 is 28.5 Å². The van der Waals surface area contributed by atoms with Gasteiger partial charge in [0.2, 0.25) is 6.10 Å². The lowest BCUT2D eigenvalue weighted by atomic mass is 9.39. The topological polar surface area (TPSA) is 156 Å². The maximum absolute atomic E-state index is 14.8. The van der Waals surface area contributed by atoms with E-state index in [2.05, 4.69) is 0 Å². The molecule has 1 aliphatic heterocycles. The van der Waals surface area contributed by atoms with Gasteiger partial charge in [-0.1, -0.05) is 39.3 Å². The van der Waals surface area contributed by atoms with Crippen LogP contribution in [-0.4, -0.2) is 59.7 Å². The fraction of sp³-hybridized carbons (Fsp3) is 0.618. The van der Waals surface area contributed by atoms with Gasteiger partial charge in [-0.2, -0.15) is 0 Å². The van der Waals surface area contributed by atoms with Crippen LogP contribution in [-0.2, 0) is 42.9 Å². The number of ether oxygens (including phenoxy) is 4. The van der Waals surface area contributed by atoms with Crippen molar-refractivity contribution in [2.45, 2.75) is 98.1 Å². The molecule has 11 nitrogen and oxygen atoms in total. The van der Waals surface area contributed by atoms with Gasteiger partial charge in [-0.15, -0.1) is 0 Å². The number of cyclic esters (lactones) is 1. The Balaban J connectivity index is 1.79. The maximum atomic E-state index is 14.8. The van der Waals surface area contributed by atoms with E-state index in [9.17, 15) is 29.1 Å². The number of carbonyl (C=O) groups is 5. The Morgan fingerprint density at radius 2 is 1.82 bits per heavy atom. The molecule has 1 saturated heterocycles. The summed E-state index contributed by atoms with van der Waals surface area (Å²) in [7, 11) is 1.16. The largest absolute Gasteiger partial charge is 0.472 e. The lowest BCUT2D eigenvalue weighted by Gasteiger charge is -2.66. The van der Waals surface area contributed by atoms with Gasteiger partial charge in [-0.25, -0.2) is 9.59 Å². The van der Waals surface area contributed by atoms with Crippen molar-refractivity contribution in [3.05, 3.63) is 47.0 Å². The predicted molar refractivity (Wildman–Crippen MR) is 157 cm³/mol. The number of Topliss-reactive ketones (excluding diaryl/α,β-unsaturated/α-hetero) is 1. The molecule has 3 aliphatic carbocycles. The SMILES string of the molecule is C/C=C(\C)C(=O)O[C@H]1C(C)(C)[C@H]([C@@H](OC(C)=O)C(=O)OC)[C@]2(C)C(=O)[C@]1(O)CC1=C3CC(=O)O[C@H](c4ccoc4)[C@]3(C)CC[C@@H]12. The van der Waals surface area contributed by atoms with Crippen molar-refractivity contribution in [3.63, 3.8) is 0 Å². The number of carbonyl (C=O) groups excluding carboxylic acids is 5. The number of fused-ring (bicyclic) bond motifs is 5. The van der Waals surface area contributed by atoms with E-state index in [1.807, 2.05) is 6.92 Å². The number of rotatable bonds is 6. The number of allylic oxidation sites excluding steroid dienone is 1.